The van der Waals surface area contributed by atoms with Crippen molar-refractivity contribution in [3.05, 3.63) is 60.2 Å². The fourth-order valence-corrected chi connectivity index (χ4v) is 2.65. The van der Waals surface area contributed by atoms with Crippen molar-refractivity contribution in [3.63, 3.8) is 0 Å². The van der Waals surface area contributed by atoms with Gasteiger partial charge in [-0.05, 0) is 12.0 Å². The molecule has 2 heterocycles. The van der Waals surface area contributed by atoms with Gasteiger partial charge in [0.05, 0.1) is 6.20 Å². The number of carbonyl (C=O) groups is 1. The molecule has 1 unspecified atom stereocenters. The van der Waals surface area contributed by atoms with Gasteiger partial charge in [-0.15, -0.1) is 0 Å². The van der Waals surface area contributed by atoms with Crippen LogP contribution in [0.4, 0.5) is 0 Å². The van der Waals surface area contributed by atoms with E-state index in [-0.39, 0.29) is 11.9 Å². The Morgan fingerprint density at radius 1 is 1.29 bits per heavy atom. The molecule has 1 aliphatic heterocycles. The van der Waals surface area contributed by atoms with Gasteiger partial charge in [0.25, 0.3) is 5.91 Å². The molecule has 1 N–H and O–H groups in total. The summed E-state index contributed by atoms with van der Waals surface area (Å²) >= 11 is 0. The number of benzene rings is 1. The Morgan fingerprint density at radius 2 is 2.14 bits per heavy atom. The van der Waals surface area contributed by atoms with Crippen molar-refractivity contribution in [2.75, 3.05) is 19.6 Å². The van der Waals surface area contributed by atoms with Crippen LogP contribution < -0.4 is 5.32 Å². The summed E-state index contributed by atoms with van der Waals surface area (Å²) in [6, 6.07) is 10.4. The van der Waals surface area contributed by atoms with E-state index >= 15 is 0 Å². The van der Waals surface area contributed by atoms with Gasteiger partial charge in [-0.3, -0.25) is 9.78 Å². The van der Waals surface area contributed by atoms with Crippen molar-refractivity contribution in [1.29, 1.82) is 0 Å². The van der Waals surface area contributed by atoms with Gasteiger partial charge in [-0.1, -0.05) is 30.3 Å². The molecule has 0 bridgehead atoms. The van der Waals surface area contributed by atoms with Crippen LogP contribution in [0.25, 0.3) is 0 Å². The molecule has 1 atom stereocenters. The first-order chi connectivity index (χ1) is 10.3. The largest absolute Gasteiger partial charge is 0.331 e. The van der Waals surface area contributed by atoms with Gasteiger partial charge >= 0.3 is 0 Å². The van der Waals surface area contributed by atoms with E-state index in [9.17, 15) is 4.79 Å². The van der Waals surface area contributed by atoms with Gasteiger partial charge in [0.15, 0.2) is 0 Å². The molecule has 1 amide bonds. The molecule has 1 aromatic heterocycles. The second-order valence-electron chi connectivity index (χ2n) is 5.14. The number of hydrogen-bond acceptors (Lipinski definition) is 4. The molecule has 108 valence electrons. The Labute approximate surface area is 124 Å². The predicted molar refractivity (Wildman–Crippen MR) is 79.9 cm³/mol. The van der Waals surface area contributed by atoms with E-state index in [4.69, 9.17) is 0 Å². The van der Waals surface area contributed by atoms with Gasteiger partial charge in [-0.25, -0.2) is 4.98 Å². The van der Waals surface area contributed by atoms with Crippen molar-refractivity contribution in [1.82, 2.24) is 20.2 Å². The fourth-order valence-electron chi connectivity index (χ4n) is 2.65. The van der Waals surface area contributed by atoms with Crippen LogP contribution in [0, 0.1) is 0 Å². The van der Waals surface area contributed by atoms with Gasteiger partial charge < -0.3 is 10.2 Å². The molecule has 0 spiro atoms. The lowest BCUT2D eigenvalue weighted by Crippen LogP contribution is -2.54. The van der Waals surface area contributed by atoms with Crippen molar-refractivity contribution < 1.29 is 4.79 Å². The SMILES string of the molecule is O=C(c1cnccn1)N1CCNCC1Cc1ccccc1. The quantitative estimate of drug-likeness (QED) is 0.917. The maximum atomic E-state index is 12.6. The summed E-state index contributed by atoms with van der Waals surface area (Å²) in [5, 5.41) is 3.36. The normalized spacial score (nSPS) is 18.5. The molecule has 3 rings (SSSR count). The molecule has 1 fully saturated rings. The summed E-state index contributed by atoms with van der Waals surface area (Å²) < 4.78 is 0. The molecule has 0 saturated carbocycles. The zero-order valence-corrected chi connectivity index (χ0v) is 11.8. The number of piperazine rings is 1. The molecule has 5 nitrogen and oxygen atoms in total. The van der Waals surface area contributed by atoms with E-state index in [1.54, 1.807) is 12.4 Å². The molecule has 0 radical (unpaired) electrons. The van der Waals surface area contributed by atoms with Crippen LogP contribution in [0.2, 0.25) is 0 Å². The van der Waals surface area contributed by atoms with E-state index in [1.807, 2.05) is 23.1 Å². The second-order valence-corrected chi connectivity index (χ2v) is 5.14. The van der Waals surface area contributed by atoms with E-state index in [0.29, 0.717) is 12.2 Å². The number of nitrogens with one attached hydrogen (secondary N) is 1. The van der Waals surface area contributed by atoms with Crippen LogP contribution in [0.5, 0.6) is 0 Å². The first-order valence-corrected chi connectivity index (χ1v) is 7.16. The van der Waals surface area contributed by atoms with Crippen molar-refractivity contribution >= 4 is 5.91 Å². The second kappa shape index (κ2) is 6.45. The van der Waals surface area contributed by atoms with Crippen LogP contribution in [0.1, 0.15) is 16.1 Å². The minimum absolute atomic E-state index is 0.0365. The molecular weight excluding hydrogens is 264 g/mol. The van der Waals surface area contributed by atoms with Crippen LogP contribution in [-0.4, -0.2) is 46.5 Å². The maximum absolute atomic E-state index is 12.6. The number of nitrogens with zero attached hydrogens (tertiary/aromatic N) is 3. The minimum Gasteiger partial charge on any atom is -0.331 e. The summed E-state index contributed by atoms with van der Waals surface area (Å²) in [6.45, 7) is 2.32. The average molecular weight is 282 g/mol. The van der Waals surface area contributed by atoms with E-state index in [2.05, 4.69) is 27.4 Å². The molecule has 1 saturated heterocycles. The topological polar surface area (TPSA) is 58.1 Å². The van der Waals surface area contributed by atoms with Crippen LogP contribution in [0.3, 0.4) is 0 Å². The number of hydrogen-bond donors (Lipinski definition) is 1. The monoisotopic (exact) mass is 282 g/mol. The lowest BCUT2D eigenvalue weighted by atomic mass is 10.0. The molecule has 2 aromatic rings. The molecule has 1 aromatic carbocycles. The van der Waals surface area contributed by atoms with E-state index in [0.717, 1.165) is 19.5 Å². The number of amides is 1. The van der Waals surface area contributed by atoms with Crippen molar-refractivity contribution in [2.24, 2.45) is 0 Å². The standard InChI is InChI=1S/C16H18N4O/c21-16(15-12-17-6-7-19-15)20-9-8-18-11-14(20)10-13-4-2-1-3-5-13/h1-7,12,14,18H,8-11H2. The van der Waals surface area contributed by atoms with Crippen LogP contribution in [0.15, 0.2) is 48.9 Å². The van der Waals surface area contributed by atoms with E-state index in [1.165, 1.54) is 11.8 Å². The highest BCUT2D eigenvalue weighted by Crippen LogP contribution is 2.13. The third-order valence-electron chi connectivity index (χ3n) is 3.71. The number of carbonyl (C=O) groups excluding carboxylic acids is 1. The van der Waals surface area contributed by atoms with E-state index < -0.39 is 0 Å². The fraction of sp³-hybridized carbons (Fsp3) is 0.312. The smallest absolute Gasteiger partial charge is 0.274 e. The summed E-state index contributed by atoms with van der Waals surface area (Å²) in [7, 11) is 0. The average Bonchev–Trinajstić information content (AvgIpc) is 2.56. The predicted octanol–water partition coefficient (Wildman–Crippen LogP) is 1.13. The van der Waals surface area contributed by atoms with Gasteiger partial charge in [0.2, 0.25) is 0 Å². The minimum atomic E-state index is -0.0365. The Balaban J connectivity index is 1.77. The lowest BCUT2D eigenvalue weighted by Gasteiger charge is -2.36. The van der Waals surface area contributed by atoms with Gasteiger partial charge in [-0.2, -0.15) is 0 Å². The molecular formula is C16H18N4O. The van der Waals surface area contributed by atoms with Crippen molar-refractivity contribution in [3.8, 4) is 0 Å². The van der Waals surface area contributed by atoms with Gasteiger partial charge in [0, 0.05) is 38.1 Å². The third-order valence-corrected chi connectivity index (χ3v) is 3.71. The summed E-state index contributed by atoms with van der Waals surface area (Å²) in [4.78, 5) is 22.6. The first kappa shape index (κ1) is 13.7. The van der Waals surface area contributed by atoms with Crippen molar-refractivity contribution in [2.45, 2.75) is 12.5 Å². The highest BCUT2D eigenvalue weighted by molar-refractivity contribution is 5.92. The molecule has 21 heavy (non-hydrogen) atoms. The summed E-state index contributed by atoms with van der Waals surface area (Å²) in [6.07, 6.45) is 5.52. The lowest BCUT2D eigenvalue weighted by molar-refractivity contribution is 0.0629. The molecule has 5 heteroatoms. The first-order valence-electron chi connectivity index (χ1n) is 7.16. The third kappa shape index (κ3) is 3.25. The van der Waals surface area contributed by atoms with Crippen LogP contribution in [-0.2, 0) is 6.42 Å². The Hall–Kier alpha value is -2.27. The molecule has 0 aliphatic carbocycles. The maximum Gasteiger partial charge on any atom is 0.274 e. The Morgan fingerprint density at radius 3 is 2.90 bits per heavy atom. The summed E-state index contributed by atoms with van der Waals surface area (Å²) in [5.74, 6) is -0.0365. The zero-order valence-electron chi connectivity index (χ0n) is 11.8. The Bertz CT molecular complexity index is 588. The number of rotatable bonds is 3. The van der Waals surface area contributed by atoms with Crippen LogP contribution >= 0.6 is 0 Å². The zero-order chi connectivity index (χ0) is 14.5. The highest BCUT2D eigenvalue weighted by atomic mass is 16.2. The highest BCUT2D eigenvalue weighted by Gasteiger charge is 2.28. The molecule has 1 aliphatic rings. The van der Waals surface area contributed by atoms with Gasteiger partial charge in [0.1, 0.15) is 5.69 Å². The summed E-state index contributed by atoms with van der Waals surface area (Å²) in [5.41, 5.74) is 1.65. The number of aromatic nitrogens is 2. The Kier molecular flexibility index (Phi) is 4.21.